The normalized spacial score (nSPS) is 16.0. The van der Waals surface area contributed by atoms with Gasteiger partial charge in [-0.15, -0.1) is 11.3 Å². The van der Waals surface area contributed by atoms with Crippen LogP contribution in [0.15, 0.2) is 41.9 Å². The Bertz CT molecular complexity index is 867. The van der Waals surface area contributed by atoms with Crippen molar-refractivity contribution >= 4 is 17.2 Å². The fourth-order valence-electron chi connectivity index (χ4n) is 3.32. The van der Waals surface area contributed by atoms with Gasteiger partial charge in [-0.3, -0.25) is 9.89 Å². The average molecular weight is 356 g/mol. The molecule has 1 fully saturated rings. The Morgan fingerprint density at radius 3 is 2.68 bits per heavy atom. The number of hydrogen-bond acceptors (Lipinski definition) is 4. The van der Waals surface area contributed by atoms with E-state index in [0.29, 0.717) is 11.4 Å². The Morgan fingerprint density at radius 1 is 1.24 bits per heavy atom. The molecule has 5 nitrogen and oxygen atoms in total. The highest BCUT2D eigenvalue weighted by Crippen LogP contribution is 2.39. The summed E-state index contributed by atoms with van der Waals surface area (Å²) >= 11 is 1.57. The van der Waals surface area contributed by atoms with Crippen LogP contribution in [0, 0.1) is 5.82 Å². The first-order valence-electron chi connectivity index (χ1n) is 8.20. The molecular weight excluding hydrogens is 339 g/mol. The number of carbonyl (C=O) groups is 1. The van der Waals surface area contributed by atoms with Crippen LogP contribution < -0.4 is 5.32 Å². The highest BCUT2D eigenvalue weighted by molar-refractivity contribution is 7.09. The van der Waals surface area contributed by atoms with E-state index in [0.717, 1.165) is 36.3 Å². The van der Waals surface area contributed by atoms with Crippen molar-refractivity contribution in [3.8, 4) is 11.3 Å². The number of amides is 1. The maximum atomic E-state index is 13.0. The number of thiazole rings is 1. The Hall–Kier alpha value is -2.54. The molecule has 128 valence electrons. The van der Waals surface area contributed by atoms with E-state index in [1.165, 1.54) is 12.1 Å². The summed E-state index contributed by atoms with van der Waals surface area (Å²) in [5.74, 6) is -0.498. The van der Waals surface area contributed by atoms with Gasteiger partial charge in [0.25, 0.3) is 5.91 Å². The van der Waals surface area contributed by atoms with E-state index in [2.05, 4.69) is 20.5 Å². The standard InChI is InChI=1S/C18H17FN4OS/c19-13-5-3-12(4-6-13)14-11-15(23-22-14)16(24)21-18(7-1-2-8-18)17-20-9-10-25-17/h3-6,9-11H,1-2,7-8H2,(H,21,24)(H,22,23). The number of halogens is 1. The summed E-state index contributed by atoms with van der Waals surface area (Å²) in [5.41, 5.74) is 1.38. The summed E-state index contributed by atoms with van der Waals surface area (Å²) in [7, 11) is 0. The lowest BCUT2D eigenvalue weighted by Crippen LogP contribution is -2.43. The van der Waals surface area contributed by atoms with E-state index in [-0.39, 0.29) is 17.3 Å². The predicted octanol–water partition coefficient (Wildman–Crippen LogP) is 3.87. The van der Waals surface area contributed by atoms with Gasteiger partial charge in [-0.05, 0) is 43.2 Å². The highest BCUT2D eigenvalue weighted by Gasteiger charge is 2.39. The molecule has 1 aromatic carbocycles. The van der Waals surface area contributed by atoms with E-state index in [9.17, 15) is 9.18 Å². The van der Waals surface area contributed by atoms with Crippen LogP contribution in [0.1, 0.15) is 41.2 Å². The number of rotatable bonds is 4. The quantitative estimate of drug-likeness (QED) is 0.745. The second kappa shape index (κ2) is 6.40. The molecule has 2 aromatic heterocycles. The second-order valence-electron chi connectivity index (χ2n) is 6.25. The molecule has 2 N–H and O–H groups in total. The first-order valence-corrected chi connectivity index (χ1v) is 9.08. The van der Waals surface area contributed by atoms with E-state index in [4.69, 9.17) is 0 Å². The summed E-state index contributed by atoms with van der Waals surface area (Å²) < 4.78 is 13.0. The van der Waals surface area contributed by atoms with Crippen molar-refractivity contribution in [2.75, 3.05) is 0 Å². The number of hydrogen-bond donors (Lipinski definition) is 2. The molecule has 1 aliphatic rings. The molecule has 25 heavy (non-hydrogen) atoms. The smallest absolute Gasteiger partial charge is 0.270 e. The van der Waals surface area contributed by atoms with Crippen molar-refractivity contribution in [3.63, 3.8) is 0 Å². The largest absolute Gasteiger partial charge is 0.339 e. The summed E-state index contributed by atoms with van der Waals surface area (Å²) in [4.78, 5) is 17.2. The molecule has 2 heterocycles. The van der Waals surface area contributed by atoms with Crippen LogP contribution in [-0.2, 0) is 5.54 Å². The van der Waals surface area contributed by atoms with Gasteiger partial charge in [-0.2, -0.15) is 5.10 Å². The maximum Gasteiger partial charge on any atom is 0.270 e. The van der Waals surface area contributed by atoms with E-state index in [1.54, 1.807) is 35.7 Å². The van der Waals surface area contributed by atoms with Gasteiger partial charge >= 0.3 is 0 Å². The SMILES string of the molecule is O=C(NC1(c2nccs2)CCCC1)c1cc(-c2ccc(F)cc2)n[nH]1. The zero-order valence-corrected chi connectivity index (χ0v) is 14.3. The molecule has 0 saturated heterocycles. The summed E-state index contributed by atoms with van der Waals surface area (Å²) in [6, 6.07) is 7.72. The number of H-pyrrole nitrogens is 1. The van der Waals surface area contributed by atoms with Gasteiger partial charge in [-0.1, -0.05) is 12.8 Å². The van der Waals surface area contributed by atoms with Gasteiger partial charge in [0.1, 0.15) is 16.5 Å². The third kappa shape index (κ3) is 3.07. The summed E-state index contributed by atoms with van der Waals surface area (Å²) in [5, 5.41) is 13.0. The van der Waals surface area contributed by atoms with E-state index in [1.807, 2.05) is 5.38 Å². The molecule has 0 unspecified atom stereocenters. The summed E-state index contributed by atoms with van der Waals surface area (Å²) in [6.07, 6.45) is 5.71. The first kappa shape index (κ1) is 16.0. The van der Waals surface area contributed by atoms with Crippen LogP contribution in [-0.4, -0.2) is 21.1 Å². The van der Waals surface area contributed by atoms with Crippen molar-refractivity contribution in [3.05, 3.63) is 58.4 Å². The molecule has 0 atom stereocenters. The molecular formula is C18H17FN4OS. The fraction of sp³-hybridized carbons (Fsp3) is 0.278. The van der Waals surface area contributed by atoms with Crippen LogP contribution in [0.2, 0.25) is 0 Å². The number of aromatic nitrogens is 3. The Morgan fingerprint density at radius 2 is 2.00 bits per heavy atom. The third-order valence-corrected chi connectivity index (χ3v) is 5.59. The topological polar surface area (TPSA) is 70.7 Å². The van der Waals surface area contributed by atoms with Gasteiger partial charge in [0.2, 0.25) is 0 Å². The van der Waals surface area contributed by atoms with Crippen LogP contribution in [0.5, 0.6) is 0 Å². The summed E-state index contributed by atoms with van der Waals surface area (Å²) in [6.45, 7) is 0. The van der Waals surface area contributed by atoms with Crippen molar-refractivity contribution < 1.29 is 9.18 Å². The Labute approximate surface area is 148 Å². The van der Waals surface area contributed by atoms with Crippen LogP contribution >= 0.6 is 11.3 Å². The third-order valence-electron chi connectivity index (χ3n) is 4.61. The molecule has 3 aromatic rings. The second-order valence-corrected chi connectivity index (χ2v) is 7.15. The first-order chi connectivity index (χ1) is 12.2. The lowest BCUT2D eigenvalue weighted by Gasteiger charge is -2.27. The minimum Gasteiger partial charge on any atom is -0.339 e. The van der Waals surface area contributed by atoms with Gasteiger partial charge in [0.05, 0.1) is 11.2 Å². The lowest BCUT2D eigenvalue weighted by atomic mass is 9.98. The van der Waals surface area contributed by atoms with Crippen molar-refractivity contribution in [1.29, 1.82) is 0 Å². The molecule has 4 rings (SSSR count). The molecule has 1 amide bonds. The Kier molecular flexibility index (Phi) is 4.09. The highest BCUT2D eigenvalue weighted by atomic mass is 32.1. The predicted molar refractivity (Wildman–Crippen MR) is 93.7 cm³/mol. The fourth-order valence-corrected chi connectivity index (χ4v) is 4.17. The van der Waals surface area contributed by atoms with Gasteiger partial charge in [-0.25, -0.2) is 9.37 Å². The van der Waals surface area contributed by atoms with E-state index >= 15 is 0 Å². The van der Waals surface area contributed by atoms with Gasteiger partial charge in [0, 0.05) is 17.1 Å². The van der Waals surface area contributed by atoms with Crippen LogP contribution in [0.3, 0.4) is 0 Å². The lowest BCUT2D eigenvalue weighted by molar-refractivity contribution is 0.0893. The number of benzene rings is 1. The number of nitrogens with one attached hydrogen (secondary N) is 2. The average Bonchev–Trinajstić information content (AvgIpc) is 3.37. The maximum absolute atomic E-state index is 13.0. The number of aromatic amines is 1. The van der Waals surface area contributed by atoms with Crippen molar-refractivity contribution in [2.24, 2.45) is 0 Å². The molecule has 1 aliphatic carbocycles. The van der Waals surface area contributed by atoms with Crippen molar-refractivity contribution in [2.45, 2.75) is 31.2 Å². The van der Waals surface area contributed by atoms with Gasteiger partial charge in [0.15, 0.2) is 0 Å². The van der Waals surface area contributed by atoms with Crippen molar-refractivity contribution in [1.82, 2.24) is 20.5 Å². The molecule has 0 radical (unpaired) electrons. The molecule has 0 spiro atoms. The Balaban J connectivity index is 1.56. The van der Waals surface area contributed by atoms with E-state index < -0.39 is 0 Å². The zero-order valence-electron chi connectivity index (χ0n) is 13.5. The van der Waals surface area contributed by atoms with Gasteiger partial charge < -0.3 is 5.32 Å². The number of carbonyl (C=O) groups excluding carboxylic acids is 1. The monoisotopic (exact) mass is 356 g/mol. The molecule has 7 heteroatoms. The minimum atomic E-state index is -0.383. The minimum absolute atomic E-state index is 0.196. The molecule has 0 bridgehead atoms. The van der Waals surface area contributed by atoms with Crippen LogP contribution in [0.4, 0.5) is 4.39 Å². The number of nitrogens with zero attached hydrogens (tertiary/aromatic N) is 2. The molecule has 0 aliphatic heterocycles. The van der Waals surface area contributed by atoms with Crippen LogP contribution in [0.25, 0.3) is 11.3 Å². The molecule has 1 saturated carbocycles. The zero-order chi connectivity index (χ0) is 17.3.